The molecule has 0 bridgehead atoms. The highest BCUT2D eigenvalue weighted by Crippen LogP contribution is 2.29. The van der Waals surface area contributed by atoms with E-state index in [1.165, 1.54) is 24.3 Å². The maximum atomic E-state index is 12.4. The third-order valence-electron chi connectivity index (χ3n) is 4.53. The normalized spacial score (nSPS) is 17.5. The molecule has 0 spiro atoms. The van der Waals surface area contributed by atoms with Crippen LogP contribution in [-0.2, 0) is 14.6 Å². The van der Waals surface area contributed by atoms with Gasteiger partial charge in [-0.25, -0.2) is 13.2 Å². The summed E-state index contributed by atoms with van der Waals surface area (Å²) in [5.74, 6) is -1.51. The minimum atomic E-state index is -3.40. The van der Waals surface area contributed by atoms with Crippen LogP contribution in [-0.4, -0.2) is 36.2 Å². The Hall–Kier alpha value is -1.89. The van der Waals surface area contributed by atoms with Gasteiger partial charge in [-0.15, -0.1) is 0 Å². The number of hydrogen-bond acceptors (Lipinski definition) is 4. The lowest BCUT2D eigenvalue weighted by Crippen LogP contribution is -2.55. The van der Waals surface area contributed by atoms with Crippen LogP contribution in [0.3, 0.4) is 0 Å². The number of carbonyl (C=O) groups is 2. The van der Waals surface area contributed by atoms with Gasteiger partial charge in [0.15, 0.2) is 9.84 Å². The third-order valence-corrected chi connectivity index (χ3v) is 6.71. The Bertz CT molecular complexity index is 716. The van der Waals surface area contributed by atoms with Crippen molar-refractivity contribution in [2.45, 2.75) is 61.6 Å². The molecule has 2 rings (SSSR count). The van der Waals surface area contributed by atoms with Crippen LogP contribution in [0.15, 0.2) is 29.2 Å². The zero-order valence-corrected chi connectivity index (χ0v) is 14.7. The zero-order valence-electron chi connectivity index (χ0n) is 13.9. The SMILES string of the molecule is CC(C)S(=O)(=O)c1ccc(C(=O)NC2(C(=O)O)CCCCC2)cc1. The summed E-state index contributed by atoms with van der Waals surface area (Å²) >= 11 is 0. The molecule has 1 aliphatic rings. The molecule has 1 saturated carbocycles. The molecule has 1 aliphatic carbocycles. The molecule has 6 nitrogen and oxygen atoms in total. The third kappa shape index (κ3) is 3.61. The predicted molar refractivity (Wildman–Crippen MR) is 89.7 cm³/mol. The molecule has 0 unspecified atom stereocenters. The first kappa shape index (κ1) is 18.4. The summed E-state index contributed by atoms with van der Waals surface area (Å²) < 4.78 is 24.2. The van der Waals surface area contributed by atoms with Gasteiger partial charge in [0.1, 0.15) is 5.54 Å². The van der Waals surface area contributed by atoms with Crippen LogP contribution in [0.1, 0.15) is 56.3 Å². The van der Waals surface area contributed by atoms with Crippen molar-refractivity contribution in [2.75, 3.05) is 0 Å². The number of benzene rings is 1. The number of amides is 1. The molecule has 1 amide bonds. The number of hydrogen-bond donors (Lipinski definition) is 2. The molecule has 0 aromatic heterocycles. The molecular formula is C17H23NO5S. The van der Waals surface area contributed by atoms with E-state index in [9.17, 15) is 23.1 Å². The second-order valence-electron chi connectivity index (χ2n) is 6.52. The molecule has 0 aliphatic heterocycles. The van der Waals surface area contributed by atoms with Gasteiger partial charge in [-0.05, 0) is 51.0 Å². The van der Waals surface area contributed by atoms with Gasteiger partial charge in [0.2, 0.25) is 0 Å². The van der Waals surface area contributed by atoms with Gasteiger partial charge in [-0.1, -0.05) is 19.3 Å². The monoisotopic (exact) mass is 353 g/mol. The molecule has 2 N–H and O–H groups in total. The van der Waals surface area contributed by atoms with Crippen LogP contribution in [0, 0.1) is 0 Å². The lowest BCUT2D eigenvalue weighted by molar-refractivity contribution is -0.145. The van der Waals surface area contributed by atoms with E-state index in [1.807, 2.05) is 0 Å². The van der Waals surface area contributed by atoms with Crippen LogP contribution >= 0.6 is 0 Å². The van der Waals surface area contributed by atoms with E-state index in [2.05, 4.69) is 5.32 Å². The second-order valence-corrected chi connectivity index (χ2v) is 9.02. The van der Waals surface area contributed by atoms with Crippen LogP contribution in [0.25, 0.3) is 0 Å². The van der Waals surface area contributed by atoms with Crippen LogP contribution in [0.2, 0.25) is 0 Å². The number of rotatable bonds is 5. The van der Waals surface area contributed by atoms with E-state index >= 15 is 0 Å². The van der Waals surface area contributed by atoms with E-state index < -0.39 is 32.5 Å². The maximum Gasteiger partial charge on any atom is 0.329 e. The second kappa shape index (κ2) is 6.93. The Balaban J connectivity index is 2.20. The lowest BCUT2D eigenvalue weighted by Gasteiger charge is -2.34. The highest BCUT2D eigenvalue weighted by Gasteiger charge is 2.41. The first-order valence-electron chi connectivity index (χ1n) is 8.09. The first-order chi connectivity index (χ1) is 11.2. The summed E-state index contributed by atoms with van der Waals surface area (Å²) in [6.45, 7) is 3.19. The van der Waals surface area contributed by atoms with Crippen molar-refractivity contribution in [3.63, 3.8) is 0 Å². The van der Waals surface area contributed by atoms with E-state index in [0.717, 1.165) is 19.3 Å². The minimum absolute atomic E-state index is 0.152. The quantitative estimate of drug-likeness (QED) is 0.846. The molecule has 1 fully saturated rings. The summed E-state index contributed by atoms with van der Waals surface area (Å²) in [6.07, 6.45) is 3.31. The molecule has 0 radical (unpaired) electrons. The maximum absolute atomic E-state index is 12.4. The van der Waals surface area contributed by atoms with Crippen LogP contribution in [0.5, 0.6) is 0 Å². The summed E-state index contributed by atoms with van der Waals surface area (Å²) in [5, 5.41) is 11.6. The smallest absolute Gasteiger partial charge is 0.329 e. The molecule has 24 heavy (non-hydrogen) atoms. The van der Waals surface area contributed by atoms with Crippen molar-refractivity contribution in [1.82, 2.24) is 5.32 Å². The zero-order chi connectivity index (χ0) is 18.0. The summed E-state index contributed by atoms with van der Waals surface area (Å²) in [7, 11) is -3.40. The highest BCUT2D eigenvalue weighted by molar-refractivity contribution is 7.92. The van der Waals surface area contributed by atoms with E-state index in [4.69, 9.17) is 0 Å². The van der Waals surface area contributed by atoms with Crippen molar-refractivity contribution in [3.05, 3.63) is 29.8 Å². The molecular weight excluding hydrogens is 330 g/mol. The predicted octanol–water partition coefficient (Wildman–Crippen LogP) is 2.39. The van der Waals surface area contributed by atoms with Gasteiger partial charge >= 0.3 is 5.97 Å². The highest BCUT2D eigenvalue weighted by atomic mass is 32.2. The Labute approximate surface area is 142 Å². The average molecular weight is 353 g/mol. The van der Waals surface area contributed by atoms with Crippen LogP contribution < -0.4 is 5.32 Å². The van der Waals surface area contributed by atoms with Crippen molar-refractivity contribution >= 4 is 21.7 Å². The fraction of sp³-hybridized carbons (Fsp3) is 0.529. The number of nitrogens with one attached hydrogen (secondary N) is 1. The number of carboxylic acids is 1. The van der Waals surface area contributed by atoms with Gasteiger partial charge in [-0.3, -0.25) is 4.79 Å². The fourth-order valence-electron chi connectivity index (χ4n) is 2.91. The van der Waals surface area contributed by atoms with Gasteiger partial charge in [0, 0.05) is 5.56 Å². The minimum Gasteiger partial charge on any atom is -0.480 e. The van der Waals surface area contributed by atoms with E-state index in [0.29, 0.717) is 12.8 Å². The van der Waals surface area contributed by atoms with Crippen molar-refractivity contribution in [3.8, 4) is 0 Å². The van der Waals surface area contributed by atoms with Gasteiger partial charge in [0.25, 0.3) is 5.91 Å². The average Bonchev–Trinajstić information content (AvgIpc) is 2.55. The molecule has 0 atom stereocenters. The first-order valence-corrected chi connectivity index (χ1v) is 9.63. The largest absolute Gasteiger partial charge is 0.480 e. The lowest BCUT2D eigenvalue weighted by atomic mass is 9.81. The molecule has 7 heteroatoms. The van der Waals surface area contributed by atoms with E-state index in [-0.39, 0.29) is 10.5 Å². The van der Waals surface area contributed by atoms with Gasteiger partial charge < -0.3 is 10.4 Å². The summed E-state index contributed by atoms with van der Waals surface area (Å²) in [6, 6.07) is 5.61. The topological polar surface area (TPSA) is 101 Å². The number of aliphatic carboxylic acids is 1. The number of carbonyl (C=O) groups excluding carboxylic acids is 1. The van der Waals surface area contributed by atoms with Crippen molar-refractivity contribution in [2.24, 2.45) is 0 Å². The van der Waals surface area contributed by atoms with Gasteiger partial charge in [0.05, 0.1) is 10.1 Å². The summed E-state index contributed by atoms with van der Waals surface area (Å²) in [5.41, 5.74) is -0.971. The van der Waals surface area contributed by atoms with Gasteiger partial charge in [-0.2, -0.15) is 0 Å². The Morgan fingerprint density at radius 1 is 1.08 bits per heavy atom. The fourth-order valence-corrected chi connectivity index (χ4v) is 3.97. The molecule has 0 saturated heterocycles. The number of sulfone groups is 1. The molecule has 132 valence electrons. The van der Waals surface area contributed by atoms with E-state index in [1.54, 1.807) is 13.8 Å². The molecule has 0 heterocycles. The molecule has 1 aromatic rings. The molecule has 1 aromatic carbocycles. The van der Waals surface area contributed by atoms with Crippen molar-refractivity contribution < 1.29 is 23.1 Å². The number of carboxylic acid groups (broad SMARTS) is 1. The Morgan fingerprint density at radius 2 is 1.62 bits per heavy atom. The summed E-state index contributed by atoms with van der Waals surface area (Å²) in [4.78, 5) is 24.2. The Morgan fingerprint density at radius 3 is 2.08 bits per heavy atom. The standard InChI is InChI=1S/C17H23NO5S/c1-12(2)24(22,23)14-8-6-13(7-9-14)15(19)18-17(16(20)21)10-4-3-5-11-17/h6-9,12H,3-5,10-11H2,1-2H3,(H,18,19)(H,20,21). The van der Waals surface area contributed by atoms with Crippen molar-refractivity contribution in [1.29, 1.82) is 0 Å². The van der Waals surface area contributed by atoms with Crippen LogP contribution in [0.4, 0.5) is 0 Å². The Kier molecular flexibility index (Phi) is 5.32.